The van der Waals surface area contributed by atoms with E-state index in [1.54, 1.807) is 32.9 Å². The van der Waals surface area contributed by atoms with Gasteiger partial charge in [0.25, 0.3) is 5.91 Å². The molecule has 0 bridgehead atoms. The van der Waals surface area contributed by atoms with Crippen molar-refractivity contribution in [1.29, 1.82) is 0 Å². The number of carbonyl (C=O) groups is 2. The first kappa shape index (κ1) is 12.4. The summed E-state index contributed by atoms with van der Waals surface area (Å²) in [5, 5.41) is 2.40. The Morgan fingerprint density at radius 1 is 1.12 bits per heavy atom. The molecule has 1 N–H and O–H groups in total. The number of hydrogen-bond donors (Lipinski definition) is 1. The second-order valence-electron chi connectivity index (χ2n) is 4.85. The fourth-order valence-electron chi connectivity index (χ4n) is 1.19. The van der Waals surface area contributed by atoms with Gasteiger partial charge in [-0.1, -0.05) is 39.0 Å². The summed E-state index contributed by atoms with van der Waals surface area (Å²) in [5.74, 6) is -0.598. The lowest BCUT2D eigenvalue weighted by Gasteiger charge is -2.17. The fraction of sp³-hybridized carbons (Fsp3) is 0.385. The molecule has 1 rings (SSSR count). The molecule has 3 nitrogen and oxygen atoms in total. The van der Waals surface area contributed by atoms with Crippen molar-refractivity contribution in [2.45, 2.75) is 27.7 Å². The molecule has 0 fully saturated rings. The van der Waals surface area contributed by atoms with Gasteiger partial charge in [-0.15, -0.1) is 0 Å². The maximum absolute atomic E-state index is 11.8. The van der Waals surface area contributed by atoms with Gasteiger partial charge in [-0.2, -0.15) is 0 Å². The van der Waals surface area contributed by atoms with Crippen LogP contribution in [0.15, 0.2) is 24.3 Å². The van der Waals surface area contributed by atoms with Gasteiger partial charge in [0, 0.05) is 11.0 Å². The molecule has 0 aliphatic rings. The SMILES string of the molecule is Cc1ccccc1C(=O)NC(=O)C(C)(C)C. The van der Waals surface area contributed by atoms with E-state index in [0.29, 0.717) is 5.56 Å². The number of carbonyl (C=O) groups excluding carboxylic acids is 2. The van der Waals surface area contributed by atoms with Crippen LogP contribution in [0.5, 0.6) is 0 Å². The highest BCUT2D eigenvalue weighted by Gasteiger charge is 2.23. The second-order valence-corrected chi connectivity index (χ2v) is 4.85. The monoisotopic (exact) mass is 219 g/mol. The van der Waals surface area contributed by atoms with Gasteiger partial charge in [-0.25, -0.2) is 0 Å². The van der Waals surface area contributed by atoms with Crippen LogP contribution in [0.2, 0.25) is 0 Å². The van der Waals surface area contributed by atoms with E-state index < -0.39 is 5.41 Å². The number of imide groups is 1. The Labute approximate surface area is 95.9 Å². The smallest absolute Gasteiger partial charge is 0.258 e. The van der Waals surface area contributed by atoms with Crippen LogP contribution >= 0.6 is 0 Å². The van der Waals surface area contributed by atoms with Gasteiger partial charge in [-0.05, 0) is 18.6 Å². The summed E-state index contributed by atoms with van der Waals surface area (Å²) in [4.78, 5) is 23.4. The molecular formula is C13H17NO2. The van der Waals surface area contributed by atoms with Crippen LogP contribution in [0.1, 0.15) is 36.7 Å². The van der Waals surface area contributed by atoms with Gasteiger partial charge in [0.2, 0.25) is 5.91 Å². The molecule has 1 aromatic rings. The molecule has 0 radical (unpaired) electrons. The summed E-state index contributed by atoms with van der Waals surface area (Å²) < 4.78 is 0. The number of rotatable bonds is 1. The summed E-state index contributed by atoms with van der Waals surface area (Å²) in [6, 6.07) is 7.19. The zero-order chi connectivity index (χ0) is 12.3. The van der Waals surface area contributed by atoms with Crippen molar-refractivity contribution in [3.05, 3.63) is 35.4 Å². The Bertz CT molecular complexity index is 416. The fourth-order valence-corrected chi connectivity index (χ4v) is 1.19. The molecule has 0 aromatic heterocycles. The van der Waals surface area contributed by atoms with Gasteiger partial charge in [0.1, 0.15) is 0 Å². The van der Waals surface area contributed by atoms with Crippen molar-refractivity contribution in [2.24, 2.45) is 5.41 Å². The van der Waals surface area contributed by atoms with Crippen molar-refractivity contribution in [3.8, 4) is 0 Å². The Balaban J connectivity index is 2.82. The highest BCUT2D eigenvalue weighted by Crippen LogP contribution is 2.13. The van der Waals surface area contributed by atoms with Crippen molar-refractivity contribution in [2.75, 3.05) is 0 Å². The third-order valence-corrected chi connectivity index (χ3v) is 2.30. The Hall–Kier alpha value is -1.64. The summed E-state index contributed by atoms with van der Waals surface area (Å²) in [7, 11) is 0. The molecule has 86 valence electrons. The molecule has 2 amide bonds. The largest absolute Gasteiger partial charge is 0.292 e. The zero-order valence-corrected chi connectivity index (χ0v) is 10.1. The van der Waals surface area contributed by atoms with E-state index in [0.717, 1.165) is 5.56 Å². The molecule has 0 aliphatic heterocycles. The minimum Gasteiger partial charge on any atom is -0.292 e. The Morgan fingerprint density at radius 3 is 2.19 bits per heavy atom. The molecule has 0 aliphatic carbocycles. The predicted octanol–water partition coefficient (Wildman–Crippen LogP) is 2.30. The third kappa shape index (κ3) is 2.92. The lowest BCUT2D eigenvalue weighted by atomic mass is 9.95. The maximum atomic E-state index is 11.8. The Morgan fingerprint density at radius 2 is 1.69 bits per heavy atom. The van der Waals surface area contributed by atoms with Crippen molar-refractivity contribution >= 4 is 11.8 Å². The summed E-state index contributed by atoms with van der Waals surface area (Å²) in [6.07, 6.45) is 0. The molecule has 0 saturated carbocycles. The molecule has 3 heteroatoms. The average Bonchev–Trinajstić information content (AvgIpc) is 2.16. The molecule has 0 spiro atoms. The average molecular weight is 219 g/mol. The standard InChI is InChI=1S/C13H17NO2/c1-9-7-5-6-8-10(9)11(15)14-12(16)13(2,3)4/h5-8H,1-4H3,(H,14,15,16). The molecule has 0 heterocycles. The lowest BCUT2D eigenvalue weighted by molar-refractivity contribution is -0.127. The van der Waals surface area contributed by atoms with Crippen LogP contribution in [-0.4, -0.2) is 11.8 Å². The van der Waals surface area contributed by atoms with Gasteiger partial charge in [-0.3, -0.25) is 14.9 Å². The summed E-state index contributed by atoms with van der Waals surface area (Å²) in [5.41, 5.74) is 0.847. The minimum absolute atomic E-state index is 0.263. The van der Waals surface area contributed by atoms with Gasteiger partial charge in [0.05, 0.1) is 0 Å². The molecular weight excluding hydrogens is 202 g/mol. The minimum atomic E-state index is -0.557. The third-order valence-electron chi connectivity index (χ3n) is 2.30. The lowest BCUT2D eigenvalue weighted by Crippen LogP contribution is -2.39. The second kappa shape index (κ2) is 4.47. The molecule has 0 unspecified atom stereocenters. The van der Waals surface area contributed by atoms with E-state index in [4.69, 9.17) is 0 Å². The van der Waals surface area contributed by atoms with E-state index in [1.807, 2.05) is 19.1 Å². The number of benzene rings is 1. The first-order valence-electron chi connectivity index (χ1n) is 5.24. The van der Waals surface area contributed by atoms with E-state index in [1.165, 1.54) is 0 Å². The van der Waals surface area contributed by atoms with Gasteiger partial charge >= 0.3 is 0 Å². The highest BCUT2D eigenvalue weighted by atomic mass is 16.2. The Kier molecular flexibility index (Phi) is 3.48. The number of nitrogens with one attached hydrogen (secondary N) is 1. The molecule has 16 heavy (non-hydrogen) atoms. The zero-order valence-electron chi connectivity index (χ0n) is 10.1. The molecule has 1 aromatic carbocycles. The van der Waals surface area contributed by atoms with Crippen LogP contribution in [0.25, 0.3) is 0 Å². The van der Waals surface area contributed by atoms with Crippen LogP contribution in [-0.2, 0) is 4.79 Å². The first-order valence-corrected chi connectivity index (χ1v) is 5.24. The molecule has 0 saturated heterocycles. The van der Waals surface area contributed by atoms with Crippen LogP contribution in [0.3, 0.4) is 0 Å². The number of hydrogen-bond acceptors (Lipinski definition) is 2. The normalized spacial score (nSPS) is 11.0. The van der Waals surface area contributed by atoms with Crippen LogP contribution in [0, 0.1) is 12.3 Å². The first-order chi connectivity index (χ1) is 7.32. The van der Waals surface area contributed by atoms with E-state index in [2.05, 4.69) is 5.32 Å². The van der Waals surface area contributed by atoms with Crippen molar-refractivity contribution < 1.29 is 9.59 Å². The van der Waals surface area contributed by atoms with Crippen LogP contribution < -0.4 is 5.32 Å². The quantitative estimate of drug-likeness (QED) is 0.787. The topological polar surface area (TPSA) is 46.2 Å². The van der Waals surface area contributed by atoms with E-state index >= 15 is 0 Å². The molecule has 0 atom stereocenters. The van der Waals surface area contributed by atoms with Crippen molar-refractivity contribution in [1.82, 2.24) is 5.32 Å². The summed E-state index contributed by atoms with van der Waals surface area (Å²) >= 11 is 0. The van der Waals surface area contributed by atoms with Crippen molar-refractivity contribution in [3.63, 3.8) is 0 Å². The summed E-state index contributed by atoms with van der Waals surface area (Å²) in [6.45, 7) is 7.16. The van der Waals surface area contributed by atoms with E-state index in [9.17, 15) is 9.59 Å². The van der Waals surface area contributed by atoms with E-state index in [-0.39, 0.29) is 11.8 Å². The van der Waals surface area contributed by atoms with Crippen LogP contribution in [0.4, 0.5) is 0 Å². The number of aryl methyl sites for hydroxylation is 1. The van der Waals surface area contributed by atoms with Gasteiger partial charge < -0.3 is 0 Å². The number of amides is 2. The predicted molar refractivity (Wildman–Crippen MR) is 63.1 cm³/mol. The highest BCUT2D eigenvalue weighted by molar-refractivity contribution is 6.06. The van der Waals surface area contributed by atoms with Gasteiger partial charge in [0.15, 0.2) is 0 Å². The maximum Gasteiger partial charge on any atom is 0.258 e.